The van der Waals surface area contributed by atoms with Gasteiger partial charge in [-0.15, -0.1) is 0 Å². The molecule has 1 aromatic heterocycles. The summed E-state index contributed by atoms with van der Waals surface area (Å²) in [7, 11) is 3.36. The summed E-state index contributed by atoms with van der Waals surface area (Å²) in [5, 5.41) is 0. The summed E-state index contributed by atoms with van der Waals surface area (Å²) in [6, 6.07) is 4.93. The second-order valence-corrected chi connectivity index (χ2v) is 9.92. The van der Waals surface area contributed by atoms with Gasteiger partial charge in [-0.2, -0.15) is 0 Å². The monoisotopic (exact) mass is 468 g/mol. The summed E-state index contributed by atoms with van der Waals surface area (Å²) in [5.74, 6) is 1.17. The first-order valence-corrected chi connectivity index (χ1v) is 12.6. The number of anilines is 1. The summed E-state index contributed by atoms with van der Waals surface area (Å²) in [6.07, 6.45) is 11.0. The number of aromatic nitrogens is 2. The van der Waals surface area contributed by atoms with E-state index >= 15 is 0 Å². The molecule has 7 heteroatoms. The Morgan fingerprint density at radius 1 is 1.09 bits per heavy atom. The average molecular weight is 469 g/mol. The molecule has 1 amide bonds. The van der Waals surface area contributed by atoms with Crippen LogP contribution in [0.2, 0.25) is 0 Å². The molecule has 0 N–H and O–H groups in total. The van der Waals surface area contributed by atoms with Crippen molar-refractivity contribution < 1.29 is 13.9 Å². The normalized spacial score (nSPS) is 21.5. The van der Waals surface area contributed by atoms with Crippen LogP contribution in [0.3, 0.4) is 0 Å². The van der Waals surface area contributed by atoms with Gasteiger partial charge in [-0.3, -0.25) is 4.79 Å². The molecular formula is C27H37FN4O2. The number of hydrogen-bond acceptors (Lipinski definition) is 5. The molecule has 184 valence electrons. The Bertz CT molecular complexity index is 950. The molecule has 2 fully saturated rings. The standard InChI is InChI=1S/C27H37FN4O2/c1-4-19-16-29-27(30-17-19)32-13-11-20(12-14-32)18-34-23-8-5-21(6-9-23)24-10-7-22(15-25(24)28)26(33)31(2)3/h7,10,15-17,20-21,23H,4-6,8-9,11-14,18H2,1-3H3. The lowest BCUT2D eigenvalue weighted by molar-refractivity contribution is 0.000400. The van der Waals surface area contributed by atoms with Gasteiger partial charge >= 0.3 is 0 Å². The lowest BCUT2D eigenvalue weighted by atomic mass is 9.82. The lowest BCUT2D eigenvalue weighted by Crippen LogP contribution is -2.36. The fraction of sp³-hybridized carbons (Fsp3) is 0.593. The number of hydrogen-bond donors (Lipinski definition) is 0. The van der Waals surface area contributed by atoms with Crippen molar-refractivity contribution in [1.29, 1.82) is 0 Å². The van der Waals surface area contributed by atoms with E-state index in [-0.39, 0.29) is 23.7 Å². The summed E-state index contributed by atoms with van der Waals surface area (Å²) >= 11 is 0. The number of benzene rings is 1. The van der Waals surface area contributed by atoms with Gasteiger partial charge in [-0.1, -0.05) is 13.0 Å². The van der Waals surface area contributed by atoms with Crippen molar-refractivity contribution in [2.75, 3.05) is 38.7 Å². The average Bonchev–Trinajstić information content (AvgIpc) is 2.87. The number of ether oxygens (including phenoxy) is 1. The van der Waals surface area contributed by atoms with Crippen LogP contribution in [0.5, 0.6) is 0 Å². The van der Waals surface area contributed by atoms with Crippen LogP contribution in [-0.4, -0.2) is 60.7 Å². The predicted molar refractivity (Wildman–Crippen MR) is 132 cm³/mol. The van der Waals surface area contributed by atoms with Crippen LogP contribution in [0.25, 0.3) is 0 Å². The lowest BCUT2D eigenvalue weighted by Gasteiger charge is -2.34. The third kappa shape index (κ3) is 5.93. The van der Waals surface area contributed by atoms with Gasteiger partial charge in [-0.05, 0) is 80.0 Å². The van der Waals surface area contributed by atoms with Crippen molar-refractivity contribution in [3.05, 3.63) is 53.1 Å². The Labute approximate surface area is 202 Å². The number of amides is 1. The maximum absolute atomic E-state index is 14.7. The molecule has 34 heavy (non-hydrogen) atoms. The molecule has 0 atom stereocenters. The Hall–Kier alpha value is -2.54. The van der Waals surface area contributed by atoms with Gasteiger partial charge in [-0.25, -0.2) is 14.4 Å². The van der Waals surface area contributed by atoms with Gasteiger partial charge in [0, 0.05) is 51.7 Å². The molecule has 1 saturated carbocycles. The minimum absolute atomic E-state index is 0.171. The molecule has 1 aliphatic heterocycles. The molecule has 2 aromatic rings. The van der Waals surface area contributed by atoms with Gasteiger partial charge < -0.3 is 14.5 Å². The molecule has 0 spiro atoms. The minimum atomic E-state index is -0.267. The van der Waals surface area contributed by atoms with Gasteiger partial charge in [0.2, 0.25) is 5.95 Å². The van der Waals surface area contributed by atoms with E-state index in [2.05, 4.69) is 21.8 Å². The molecule has 1 saturated heterocycles. The summed E-state index contributed by atoms with van der Waals surface area (Å²) in [5.41, 5.74) is 2.30. The molecule has 2 heterocycles. The fourth-order valence-electron chi connectivity index (χ4n) is 5.06. The van der Waals surface area contributed by atoms with Crippen molar-refractivity contribution in [3.63, 3.8) is 0 Å². The molecule has 6 nitrogen and oxygen atoms in total. The third-order valence-electron chi connectivity index (χ3n) is 7.33. The van der Waals surface area contributed by atoms with E-state index < -0.39 is 0 Å². The van der Waals surface area contributed by atoms with Crippen LogP contribution in [0, 0.1) is 11.7 Å². The Morgan fingerprint density at radius 2 is 1.76 bits per heavy atom. The van der Waals surface area contributed by atoms with Gasteiger partial charge in [0.05, 0.1) is 6.10 Å². The zero-order chi connectivity index (χ0) is 24.1. The number of halogens is 1. The highest BCUT2D eigenvalue weighted by atomic mass is 19.1. The molecule has 1 aromatic carbocycles. The summed E-state index contributed by atoms with van der Waals surface area (Å²) in [6.45, 7) is 4.85. The second kappa shape index (κ2) is 11.3. The van der Waals surface area contributed by atoms with Crippen LogP contribution in [0.4, 0.5) is 10.3 Å². The van der Waals surface area contributed by atoms with Gasteiger partial charge in [0.15, 0.2) is 0 Å². The van der Waals surface area contributed by atoms with Crippen LogP contribution in [0.1, 0.15) is 72.9 Å². The van der Waals surface area contributed by atoms with Crippen molar-refractivity contribution in [2.24, 2.45) is 5.92 Å². The molecule has 0 radical (unpaired) electrons. The smallest absolute Gasteiger partial charge is 0.253 e. The minimum Gasteiger partial charge on any atom is -0.378 e. The first kappa shape index (κ1) is 24.6. The zero-order valence-electron chi connectivity index (χ0n) is 20.7. The first-order chi connectivity index (χ1) is 16.4. The number of piperidine rings is 1. The highest BCUT2D eigenvalue weighted by Gasteiger charge is 2.27. The summed E-state index contributed by atoms with van der Waals surface area (Å²) < 4.78 is 21.0. The maximum Gasteiger partial charge on any atom is 0.253 e. The van der Waals surface area contributed by atoms with Crippen LogP contribution in [-0.2, 0) is 11.2 Å². The number of aryl methyl sites for hydroxylation is 1. The van der Waals surface area contributed by atoms with Crippen molar-refractivity contribution in [1.82, 2.24) is 14.9 Å². The number of nitrogens with zero attached hydrogens (tertiary/aromatic N) is 4. The molecular weight excluding hydrogens is 431 g/mol. The van der Waals surface area contributed by atoms with Crippen molar-refractivity contribution >= 4 is 11.9 Å². The molecule has 0 bridgehead atoms. The Balaban J connectivity index is 1.20. The highest BCUT2D eigenvalue weighted by molar-refractivity contribution is 5.93. The SMILES string of the molecule is CCc1cnc(N2CCC(COC3CCC(c4ccc(C(=O)N(C)C)cc4F)CC3)CC2)nc1. The van der Waals surface area contributed by atoms with Gasteiger partial charge in [0.25, 0.3) is 5.91 Å². The zero-order valence-corrected chi connectivity index (χ0v) is 20.7. The van der Waals surface area contributed by atoms with E-state index in [0.717, 1.165) is 76.2 Å². The van der Waals surface area contributed by atoms with E-state index in [9.17, 15) is 9.18 Å². The van der Waals surface area contributed by atoms with Crippen molar-refractivity contribution in [2.45, 2.75) is 63.9 Å². The van der Waals surface area contributed by atoms with Crippen LogP contribution in [0.15, 0.2) is 30.6 Å². The fourth-order valence-corrected chi connectivity index (χ4v) is 5.06. The topological polar surface area (TPSA) is 58.6 Å². The number of carbonyl (C=O) groups excluding carboxylic acids is 1. The molecule has 2 aliphatic rings. The number of carbonyl (C=O) groups is 1. The first-order valence-electron chi connectivity index (χ1n) is 12.6. The van der Waals surface area contributed by atoms with E-state index in [0.29, 0.717) is 11.5 Å². The third-order valence-corrected chi connectivity index (χ3v) is 7.33. The summed E-state index contributed by atoms with van der Waals surface area (Å²) in [4.78, 5) is 24.8. The van der Waals surface area contributed by atoms with E-state index in [1.165, 1.54) is 16.5 Å². The van der Waals surface area contributed by atoms with E-state index in [4.69, 9.17) is 4.74 Å². The van der Waals surface area contributed by atoms with Crippen LogP contribution < -0.4 is 4.90 Å². The van der Waals surface area contributed by atoms with Crippen molar-refractivity contribution in [3.8, 4) is 0 Å². The molecule has 1 aliphatic carbocycles. The maximum atomic E-state index is 14.7. The highest BCUT2D eigenvalue weighted by Crippen LogP contribution is 2.36. The Morgan fingerprint density at radius 3 is 2.35 bits per heavy atom. The number of rotatable bonds is 7. The predicted octanol–water partition coefficient (Wildman–Crippen LogP) is 4.84. The Kier molecular flexibility index (Phi) is 8.14. The largest absolute Gasteiger partial charge is 0.378 e. The molecule has 0 unspecified atom stereocenters. The van der Waals surface area contributed by atoms with E-state index in [1.54, 1.807) is 26.2 Å². The molecule has 4 rings (SSSR count). The second-order valence-electron chi connectivity index (χ2n) is 9.92. The van der Waals surface area contributed by atoms with E-state index in [1.807, 2.05) is 12.4 Å². The quantitative estimate of drug-likeness (QED) is 0.582. The van der Waals surface area contributed by atoms with Gasteiger partial charge in [0.1, 0.15) is 5.82 Å². The van der Waals surface area contributed by atoms with Crippen LogP contribution >= 0.6 is 0 Å².